The SMILES string of the molecule is NC(=NO)C1(C(=O)Nc2c(Cl)cc(F)cc2Cl)CCCC1. The fourth-order valence-electron chi connectivity index (χ4n) is 2.57. The summed E-state index contributed by atoms with van der Waals surface area (Å²) in [5.74, 6) is -1.22. The van der Waals surface area contributed by atoms with Gasteiger partial charge in [-0.25, -0.2) is 4.39 Å². The Hall–Kier alpha value is -1.53. The molecular formula is C13H14Cl2FN3O2. The summed E-state index contributed by atoms with van der Waals surface area (Å²) in [5, 5.41) is 14.4. The maximum Gasteiger partial charge on any atom is 0.238 e. The predicted molar refractivity (Wildman–Crippen MR) is 79.4 cm³/mol. The Kier molecular flexibility index (Phi) is 4.58. The van der Waals surface area contributed by atoms with E-state index in [2.05, 4.69) is 10.5 Å². The first-order valence-corrected chi connectivity index (χ1v) is 7.10. The van der Waals surface area contributed by atoms with Crippen molar-refractivity contribution < 1.29 is 14.4 Å². The molecule has 1 fully saturated rings. The number of amides is 1. The molecule has 1 saturated carbocycles. The number of hydrogen-bond acceptors (Lipinski definition) is 3. The zero-order chi connectivity index (χ0) is 15.6. The molecular weight excluding hydrogens is 320 g/mol. The van der Waals surface area contributed by atoms with Gasteiger partial charge in [-0.05, 0) is 25.0 Å². The maximum atomic E-state index is 13.2. The summed E-state index contributed by atoms with van der Waals surface area (Å²) in [6.07, 6.45) is 2.50. The molecule has 1 aromatic rings. The fourth-order valence-corrected chi connectivity index (χ4v) is 3.12. The molecule has 0 bridgehead atoms. The van der Waals surface area contributed by atoms with E-state index in [4.69, 9.17) is 34.1 Å². The first-order chi connectivity index (χ1) is 9.90. The first kappa shape index (κ1) is 15.9. The van der Waals surface area contributed by atoms with Crippen molar-refractivity contribution in [3.8, 4) is 0 Å². The van der Waals surface area contributed by atoms with Gasteiger partial charge < -0.3 is 16.3 Å². The van der Waals surface area contributed by atoms with Crippen LogP contribution in [0.1, 0.15) is 25.7 Å². The monoisotopic (exact) mass is 333 g/mol. The van der Waals surface area contributed by atoms with Crippen LogP contribution in [-0.4, -0.2) is 17.0 Å². The number of benzene rings is 1. The predicted octanol–water partition coefficient (Wildman–Crippen LogP) is 3.38. The summed E-state index contributed by atoms with van der Waals surface area (Å²) in [4.78, 5) is 12.5. The van der Waals surface area contributed by atoms with Crippen LogP contribution in [0.3, 0.4) is 0 Å². The second-order valence-corrected chi connectivity index (χ2v) is 5.79. The lowest BCUT2D eigenvalue weighted by molar-refractivity contribution is -0.122. The summed E-state index contributed by atoms with van der Waals surface area (Å²) in [6.45, 7) is 0. The molecule has 0 spiro atoms. The summed E-state index contributed by atoms with van der Waals surface area (Å²) in [7, 11) is 0. The molecule has 0 radical (unpaired) electrons. The van der Waals surface area contributed by atoms with Gasteiger partial charge in [0.1, 0.15) is 11.2 Å². The van der Waals surface area contributed by atoms with Crippen LogP contribution >= 0.6 is 23.2 Å². The highest BCUT2D eigenvalue weighted by Gasteiger charge is 2.45. The number of hydrogen-bond donors (Lipinski definition) is 3. The molecule has 1 aliphatic rings. The molecule has 0 aromatic heterocycles. The van der Waals surface area contributed by atoms with E-state index in [-0.39, 0.29) is 21.6 Å². The topological polar surface area (TPSA) is 87.7 Å². The second kappa shape index (κ2) is 6.07. The Morgan fingerprint density at radius 2 is 1.86 bits per heavy atom. The van der Waals surface area contributed by atoms with E-state index in [9.17, 15) is 9.18 Å². The minimum atomic E-state index is -1.09. The van der Waals surface area contributed by atoms with Crippen molar-refractivity contribution in [1.29, 1.82) is 0 Å². The molecule has 1 aliphatic carbocycles. The average Bonchev–Trinajstić information content (AvgIpc) is 2.92. The van der Waals surface area contributed by atoms with Gasteiger partial charge >= 0.3 is 0 Å². The van der Waals surface area contributed by atoms with Crippen LogP contribution in [0.15, 0.2) is 17.3 Å². The van der Waals surface area contributed by atoms with Crippen molar-refractivity contribution in [2.24, 2.45) is 16.3 Å². The Balaban J connectivity index is 2.33. The standard InChI is InChI=1S/C13H14Cl2FN3O2/c14-8-5-7(16)6-9(15)10(8)18-12(20)13(11(17)19-21)3-1-2-4-13/h5-6,21H,1-4H2,(H2,17,19)(H,18,20). The van der Waals surface area contributed by atoms with Gasteiger partial charge in [0.2, 0.25) is 5.91 Å². The number of amidine groups is 1. The highest BCUT2D eigenvalue weighted by molar-refractivity contribution is 6.40. The molecule has 0 aliphatic heterocycles. The molecule has 21 heavy (non-hydrogen) atoms. The fraction of sp³-hybridized carbons (Fsp3) is 0.385. The lowest BCUT2D eigenvalue weighted by atomic mass is 9.83. The normalized spacial score (nSPS) is 17.8. The number of rotatable bonds is 3. The molecule has 114 valence electrons. The molecule has 1 aromatic carbocycles. The minimum absolute atomic E-state index is 0.0130. The Morgan fingerprint density at radius 1 is 1.33 bits per heavy atom. The van der Waals surface area contributed by atoms with Crippen molar-refractivity contribution in [1.82, 2.24) is 0 Å². The zero-order valence-corrected chi connectivity index (χ0v) is 12.5. The number of oxime groups is 1. The van der Waals surface area contributed by atoms with Crippen LogP contribution in [0, 0.1) is 11.2 Å². The Labute approximate surface area is 130 Å². The van der Waals surface area contributed by atoms with Gasteiger partial charge in [-0.3, -0.25) is 4.79 Å². The summed E-state index contributed by atoms with van der Waals surface area (Å²) >= 11 is 11.8. The van der Waals surface area contributed by atoms with Gasteiger partial charge in [0.05, 0.1) is 15.7 Å². The molecule has 8 heteroatoms. The van der Waals surface area contributed by atoms with E-state index >= 15 is 0 Å². The van der Waals surface area contributed by atoms with Gasteiger partial charge in [0.25, 0.3) is 0 Å². The summed E-state index contributed by atoms with van der Waals surface area (Å²) in [6, 6.07) is 2.10. The van der Waals surface area contributed by atoms with Crippen LogP contribution < -0.4 is 11.1 Å². The van der Waals surface area contributed by atoms with E-state index < -0.39 is 17.1 Å². The zero-order valence-electron chi connectivity index (χ0n) is 11.0. The second-order valence-electron chi connectivity index (χ2n) is 4.97. The molecule has 0 atom stereocenters. The molecule has 5 nitrogen and oxygen atoms in total. The highest BCUT2D eigenvalue weighted by Crippen LogP contribution is 2.41. The van der Waals surface area contributed by atoms with Gasteiger partial charge in [-0.1, -0.05) is 41.2 Å². The van der Waals surface area contributed by atoms with E-state index in [1.165, 1.54) is 0 Å². The minimum Gasteiger partial charge on any atom is -0.409 e. The van der Waals surface area contributed by atoms with E-state index in [1.807, 2.05) is 0 Å². The van der Waals surface area contributed by atoms with Crippen molar-refractivity contribution >= 4 is 40.6 Å². The number of carbonyl (C=O) groups excluding carboxylic acids is 1. The van der Waals surface area contributed by atoms with Crippen LogP contribution in [0.5, 0.6) is 0 Å². The third kappa shape index (κ3) is 2.91. The summed E-state index contributed by atoms with van der Waals surface area (Å²) in [5.41, 5.74) is 4.71. The average molecular weight is 334 g/mol. The lowest BCUT2D eigenvalue weighted by Gasteiger charge is -2.26. The highest BCUT2D eigenvalue weighted by atomic mass is 35.5. The first-order valence-electron chi connectivity index (χ1n) is 6.35. The van der Waals surface area contributed by atoms with Gasteiger partial charge in [-0.2, -0.15) is 0 Å². The quantitative estimate of drug-likeness (QED) is 0.343. The van der Waals surface area contributed by atoms with Crippen LogP contribution in [-0.2, 0) is 4.79 Å². The van der Waals surface area contributed by atoms with Gasteiger partial charge in [0.15, 0.2) is 5.84 Å². The van der Waals surface area contributed by atoms with Crippen molar-refractivity contribution in [3.63, 3.8) is 0 Å². The number of nitrogens with zero attached hydrogens (tertiary/aromatic N) is 1. The van der Waals surface area contributed by atoms with Crippen molar-refractivity contribution in [2.45, 2.75) is 25.7 Å². The molecule has 0 unspecified atom stereocenters. The van der Waals surface area contributed by atoms with E-state index in [1.54, 1.807) is 0 Å². The van der Waals surface area contributed by atoms with Gasteiger partial charge in [0, 0.05) is 0 Å². The Bertz CT molecular complexity index is 578. The van der Waals surface area contributed by atoms with E-state index in [0.29, 0.717) is 12.8 Å². The molecule has 0 heterocycles. The van der Waals surface area contributed by atoms with Crippen LogP contribution in [0.4, 0.5) is 10.1 Å². The molecule has 1 amide bonds. The Morgan fingerprint density at radius 3 is 2.33 bits per heavy atom. The maximum absolute atomic E-state index is 13.2. The van der Waals surface area contributed by atoms with Crippen molar-refractivity contribution in [2.75, 3.05) is 5.32 Å². The number of halogens is 3. The molecule has 4 N–H and O–H groups in total. The van der Waals surface area contributed by atoms with E-state index in [0.717, 1.165) is 25.0 Å². The molecule has 2 rings (SSSR count). The molecule has 0 saturated heterocycles. The number of carbonyl (C=O) groups is 1. The van der Waals surface area contributed by atoms with Crippen LogP contribution in [0.2, 0.25) is 10.0 Å². The summed E-state index contributed by atoms with van der Waals surface area (Å²) < 4.78 is 13.2. The third-order valence-electron chi connectivity index (χ3n) is 3.74. The van der Waals surface area contributed by atoms with Gasteiger partial charge in [-0.15, -0.1) is 0 Å². The largest absolute Gasteiger partial charge is 0.409 e. The smallest absolute Gasteiger partial charge is 0.238 e. The third-order valence-corrected chi connectivity index (χ3v) is 4.33. The number of anilines is 1. The lowest BCUT2D eigenvalue weighted by Crippen LogP contribution is -2.45. The van der Waals surface area contributed by atoms with Crippen LogP contribution in [0.25, 0.3) is 0 Å². The number of nitrogens with two attached hydrogens (primary N) is 1. The van der Waals surface area contributed by atoms with Crippen molar-refractivity contribution in [3.05, 3.63) is 28.0 Å². The number of nitrogens with one attached hydrogen (secondary N) is 1.